The van der Waals surface area contributed by atoms with Crippen molar-refractivity contribution in [2.24, 2.45) is 11.8 Å². The molecule has 3 aliphatic rings. The number of fused-ring (bicyclic) bond motifs is 1. The molecule has 1 aromatic carbocycles. The number of carbonyl (C=O) groups excluding carboxylic acids is 2. The molecule has 2 saturated heterocycles. The van der Waals surface area contributed by atoms with Crippen LogP contribution < -0.4 is 5.32 Å². The van der Waals surface area contributed by atoms with Crippen LogP contribution in [0.25, 0.3) is 0 Å². The molecule has 0 radical (unpaired) electrons. The van der Waals surface area contributed by atoms with Gasteiger partial charge in [-0.15, -0.1) is 0 Å². The van der Waals surface area contributed by atoms with E-state index in [-0.39, 0.29) is 23.9 Å². The molecule has 6 heteroatoms. The minimum Gasteiger partial charge on any atom is -0.354 e. The van der Waals surface area contributed by atoms with Gasteiger partial charge >= 0.3 is 0 Å². The highest BCUT2D eigenvalue weighted by Crippen LogP contribution is 2.40. The molecule has 5 nitrogen and oxygen atoms in total. The summed E-state index contributed by atoms with van der Waals surface area (Å²) in [5.74, 6) is 1.25. The van der Waals surface area contributed by atoms with E-state index in [9.17, 15) is 9.59 Å². The molecule has 0 unspecified atom stereocenters. The molecule has 1 aromatic rings. The molecule has 2 heterocycles. The molecule has 1 aliphatic carbocycles. The maximum Gasteiger partial charge on any atom is 0.254 e. The van der Waals surface area contributed by atoms with Gasteiger partial charge < -0.3 is 15.1 Å². The summed E-state index contributed by atoms with van der Waals surface area (Å²) in [5.41, 5.74) is 0.581. The summed E-state index contributed by atoms with van der Waals surface area (Å²) in [6, 6.07) is 6.92. The average Bonchev–Trinajstić information content (AvgIpc) is 3.19. The Morgan fingerprint density at radius 1 is 1.09 bits per heavy atom. The van der Waals surface area contributed by atoms with E-state index in [0.717, 1.165) is 51.0 Å². The Kier molecular flexibility index (Phi) is 8.12. The van der Waals surface area contributed by atoms with Crippen LogP contribution in [0, 0.1) is 11.8 Å². The van der Waals surface area contributed by atoms with Gasteiger partial charge in [0, 0.05) is 23.2 Å². The number of carbonyl (C=O) groups is 2. The van der Waals surface area contributed by atoms with Crippen LogP contribution in [-0.4, -0.2) is 59.9 Å². The monoisotopic (exact) mass is 459 g/mol. The molecular weight excluding hydrogens is 422 g/mol. The number of hydrogen-bond donors (Lipinski definition) is 1. The van der Waals surface area contributed by atoms with Crippen LogP contribution in [0.4, 0.5) is 0 Å². The molecule has 4 rings (SSSR count). The Morgan fingerprint density at radius 2 is 1.88 bits per heavy atom. The normalized spacial score (nSPS) is 26.7. The molecular formula is C26H38ClN3O2. The Morgan fingerprint density at radius 3 is 2.66 bits per heavy atom. The zero-order valence-electron chi connectivity index (χ0n) is 19.4. The van der Waals surface area contributed by atoms with Crippen LogP contribution in [0.3, 0.4) is 0 Å². The minimum absolute atomic E-state index is 0.0153. The number of unbranched alkanes of at least 4 members (excludes halogenated alkanes) is 1. The van der Waals surface area contributed by atoms with Gasteiger partial charge in [-0.1, -0.05) is 37.4 Å². The topological polar surface area (TPSA) is 52.7 Å². The predicted octanol–water partition coefficient (Wildman–Crippen LogP) is 4.74. The summed E-state index contributed by atoms with van der Waals surface area (Å²) in [7, 11) is 0. The van der Waals surface area contributed by atoms with Gasteiger partial charge in [0.05, 0.1) is 0 Å². The molecule has 176 valence electrons. The summed E-state index contributed by atoms with van der Waals surface area (Å²) < 4.78 is 0. The number of nitrogens with one attached hydrogen (secondary N) is 1. The fourth-order valence-electron chi connectivity index (χ4n) is 5.83. The third kappa shape index (κ3) is 5.66. The van der Waals surface area contributed by atoms with Crippen LogP contribution in [0.15, 0.2) is 24.3 Å². The highest BCUT2D eigenvalue weighted by atomic mass is 35.5. The van der Waals surface area contributed by atoms with Crippen molar-refractivity contribution in [2.45, 2.75) is 76.8 Å². The zero-order valence-corrected chi connectivity index (χ0v) is 20.2. The third-order valence-corrected chi connectivity index (χ3v) is 8.01. The maximum absolute atomic E-state index is 13.4. The van der Waals surface area contributed by atoms with Gasteiger partial charge in [-0.2, -0.15) is 0 Å². The summed E-state index contributed by atoms with van der Waals surface area (Å²) >= 11 is 6.14. The number of hydrogen-bond acceptors (Lipinski definition) is 3. The van der Waals surface area contributed by atoms with Gasteiger partial charge in [0.15, 0.2) is 0 Å². The Balaban J connectivity index is 1.31. The second-order valence-electron chi connectivity index (χ2n) is 10.1. The number of benzene rings is 1. The first-order valence-electron chi connectivity index (χ1n) is 12.6. The van der Waals surface area contributed by atoms with Crippen molar-refractivity contribution in [3.63, 3.8) is 0 Å². The Labute approximate surface area is 197 Å². The first kappa shape index (κ1) is 23.6. The minimum atomic E-state index is -0.363. The predicted molar refractivity (Wildman–Crippen MR) is 129 cm³/mol. The lowest BCUT2D eigenvalue weighted by molar-refractivity contribution is -0.125. The molecule has 2 aliphatic heterocycles. The molecule has 3 fully saturated rings. The van der Waals surface area contributed by atoms with E-state index >= 15 is 0 Å². The smallest absolute Gasteiger partial charge is 0.254 e. The second-order valence-corrected chi connectivity index (χ2v) is 10.5. The Hall–Kier alpha value is -1.59. The van der Waals surface area contributed by atoms with Crippen molar-refractivity contribution in [3.8, 4) is 0 Å². The average molecular weight is 460 g/mol. The summed E-state index contributed by atoms with van der Waals surface area (Å²) in [6.45, 7) is 6.56. The van der Waals surface area contributed by atoms with Crippen LogP contribution in [0.5, 0.6) is 0 Å². The summed E-state index contributed by atoms with van der Waals surface area (Å²) in [5, 5.41) is 3.70. The van der Waals surface area contributed by atoms with Gasteiger partial charge in [-0.05, 0) is 94.6 Å². The fraction of sp³-hybridized carbons (Fsp3) is 0.692. The second kappa shape index (κ2) is 11.0. The zero-order chi connectivity index (χ0) is 22.5. The number of rotatable bonds is 7. The lowest BCUT2D eigenvalue weighted by atomic mass is 9.84. The number of nitrogens with zero attached hydrogens (tertiary/aromatic N) is 2. The van der Waals surface area contributed by atoms with E-state index in [2.05, 4.69) is 17.1 Å². The van der Waals surface area contributed by atoms with Gasteiger partial charge in [-0.25, -0.2) is 0 Å². The fourth-order valence-corrected chi connectivity index (χ4v) is 6.02. The summed E-state index contributed by atoms with van der Waals surface area (Å²) in [4.78, 5) is 31.0. The van der Waals surface area contributed by atoms with Gasteiger partial charge in [0.25, 0.3) is 5.91 Å². The van der Waals surface area contributed by atoms with E-state index in [1.807, 2.05) is 11.0 Å². The summed E-state index contributed by atoms with van der Waals surface area (Å²) in [6.07, 6.45) is 9.92. The van der Waals surface area contributed by atoms with Crippen molar-refractivity contribution in [3.05, 3.63) is 34.9 Å². The quantitative estimate of drug-likeness (QED) is 0.599. The molecule has 3 atom stereocenters. The third-order valence-electron chi connectivity index (χ3n) is 7.77. The highest BCUT2D eigenvalue weighted by molar-refractivity contribution is 6.31. The number of amides is 2. The molecule has 2 amide bonds. The van der Waals surface area contributed by atoms with E-state index < -0.39 is 0 Å². The number of halogens is 1. The number of piperidine rings is 1. The Bertz CT molecular complexity index is 793. The van der Waals surface area contributed by atoms with Crippen LogP contribution in [0.1, 0.15) is 75.1 Å². The number of likely N-dealkylation sites (tertiary alicyclic amines) is 2. The SMILES string of the molecule is CC1CCN(CCCCNC(=O)[C@@H]2C[C@@H]3CCCC[C@@H]3N2C(=O)c2cccc(Cl)c2)CC1. The maximum atomic E-state index is 13.4. The first-order valence-corrected chi connectivity index (χ1v) is 13.0. The molecule has 1 N–H and O–H groups in total. The van der Waals surface area contributed by atoms with Crippen LogP contribution in [0.2, 0.25) is 5.02 Å². The highest BCUT2D eigenvalue weighted by Gasteiger charge is 2.47. The van der Waals surface area contributed by atoms with Crippen molar-refractivity contribution in [2.75, 3.05) is 26.2 Å². The lowest BCUT2D eigenvalue weighted by Crippen LogP contribution is -2.49. The molecule has 1 saturated carbocycles. The van der Waals surface area contributed by atoms with Gasteiger partial charge in [0.1, 0.15) is 6.04 Å². The van der Waals surface area contributed by atoms with Crippen LogP contribution in [-0.2, 0) is 4.79 Å². The van der Waals surface area contributed by atoms with Gasteiger partial charge in [0.2, 0.25) is 5.91 Å². The van der Waals surface area contributed by atoms with E-state index in [1.165, 1.54) is 32.4 Å². The van der Waals surface area contributed by atoms with E-state index in [1.54, 1.807) is 18.2 Å². The van der Waals surface area contributed by atoms with Crippen molar-refractivity contribution >= 4 is 23.4 Å². The largest absolute Gasteiger partial charge is 0.354 e. The molecule has 0 spiro atoms. The van der Waals surface area contributed by atoms with Crippen molar-refractivity contribution in [1.82, 2.24) is 15.1 Å². The molecule has 0 bridgehead atoms. The van der Waals surface area contributed by atoms with E-state index in [4.69, 9.17) is 11.6 Å². The van der Waals surface area contributed by atoms with Crippen molar-refractivity contribution < 1.29 is 9.59 Å². The molecule has 0 aromatic heterocycles. The standard InChI is InChI=1S/C26H38ClN3O2/c1-19-11-15-29(16-12-19)14-5-4-13-28-25(31)24-18-20-7-2-3-10-23(20)30(24)26(32)21-8-6-9-22(27)17-21/h6,8-9,17,19-20,23-24H,2-5,7,10-16,18H2,1H3,(H,28,31)/t20-,23-,24-/m0/s1. The van der Waals surface area contributed by atoms with Crippen molar-refractivity contribution in [1.29, 1.82) is 0 Å². The molecule has 32 heavy (non-hydrogen) atoms. The lowest BCUT2D eigenvalue weighted by Gasteiger charge is -2.33. The van der Waals surface area contributed by atoms with Crippen LogP contribution >= 0.6 is 11.6 Å². The van der Waals surface area contributed by atoms with Gasteiger partial charge in [-0.3, -0.25) is 9.59 Å². The first-order chi connectivity index (χ1) is 15.5. The van der Waals surface area contributed by atoms with E-state index in [0.29, 0.717) is 23.0 Å².